The highest BCUT2D eigenvalue weighted by molar-refractivity contribution is 6.01. The summed E-state index contributed by atoms with van der Waals surface area (Å²) >= 11 is 0. The van der Waals surface area contributed by atoms with Gasteiger partial charge in [-0.05, 0) is 42.0 Å². The van der Waals surface area contributed by atoms with Gasteiger partial charge in [-0.2, -0.15) is 0 Å². The minimum atomic E-state index is -0.110. The normalized spacial score (nSPS) is 13.4. The Labute approximate surface area is 158 Å². The Morgan fingerprint density at radius 2 is 1.93 bits per heavy atom. The summed E-state index contributed by atoms with van der Waals surface area (Å²) in [5.74, 6) is 0.511. The second kappa shape index (κ2) is 7.19. The van der Waals surface area contributed by atoms with Crippen molar-refractivity contribution in [2.45, 2.75) is 25.4 Å². The number of hydrogen-bond donors (Lipinski definition) is 2. The van der Waals surface area contributed by atoms with Crippen LogP contribution in [0.4, 0.5) is 10.5 Å². The first-order valence-electron chi connectivity index (χ1n) is 9.07. The number of ether oxygens (including phenoxy) is 1. The fourth-order valence-corrected chi connectivity index (χ4v) is 3.29. The minimum absolute atomic E-state index is 0.0967. The summed E-state index contributed by atoms with van der Waals surface area (Å²) in [5.41, 5.74) is 1.73. The van der Waals surface area contributed by atoms with E-state index in [0.717, 1.165) is 34.9 Å². The highest BCUT2D eigenvalue weighted by Crippen LogP contribution is 2.32. The van der Waals surface area contributed by atoms with E-state index in [1.807, 2.05) is 53.4 Å². The Balaban J connectivity index is 1.56. The van der Waals surface area contributed by atoms with Crippen LogP contribution >= 0.6 is 0 Å². The molecule has 2 N–H and O–H groups in total. The molecule has 0 atom stereocenters. The number of amides is 2. The van der Waals surface area contributed by atoms with Crippen molar-refractivity contribution >= 4 is 22.5 Å². The zero-order chi connectivity index (χ0) is 18.8. The molecule has 0 unspecified atom stereocenters. The Bertz CT molecular complexity index is 977. The van der Waals surface area contributed by atoms with Crippen LogP contribution in [0.15, 0.2) is 60.7 Å². The Morgan fingerprint density at radius 1 is 1.15 bits per heavy atom. The summed E-state index contributed by atoms with van der Waals surface area (Å²) in [6.45, 7) is 0.470. The number of carbonyl (C=O) groups excluding carboxylic acids is 1. The van der Waals surface area contributed by atoms with Crippen molar-refractivity contribution in [1.29, 1.82) is 0 Å². The average molecular weight is 362 g/mol. The van der Waals surface area contributed by atoms with Gasteiger partial charge in [0.15, 0.2) is 11.5 Å². The molecule has 1 fully saturated rings. The third-order valence-corrected chi connectivity index (χ3v) is 4.88. The molecule has 0 bridgehead atoms. The first-order valence-corrected chi connectivity index (χ1v) is 9.07. The zero-order valence-electron chi connectivity index (χ0n) is 15.2. The lowest BCUT2D eigenvalue weighted by atomic mass is 10.1. The summed E-state index contributed by atoms with van der Waals surface area (Å²) in [5, 5.41) is 15.0. The van der Waals surface area contributed by atoms with Gasteiger partial charge in [0.25, 0.3) is 0 Å². The summed E-state index contributed by atoms with van der Waals surface area (Å²) < 4.78 is 5.18. The molecule has 4 rings (SSSR count). The molecule has 0 heterocycles. The summed E-state index contributed by atoms with van der Waals surface area (Å²) in [6.07, 6.45) is 2.02. The van der Waals surface area contributed by atoms with E-state index in [0.29, 0.717) is 12.3 Å². The molecule has 5 heteroatoms. The standard InChI is InChI=1S/C22H22N2O3/c1-27-21-13-15(9-12-20(21)25)14-24(17-10-11-17)22(26)23-19-8-4-6-16-5-2-3-7-18(16)19/h2-9,12-13,17,25H,10-11,14H2,1H3,(H,23,26). The molecule has 0 aliphatic heterocycles. The molecule has 138 valence electrons. The molecule has 3 aromatic rings. The smallest absolute Gasteiger partial charge is 0.322 e. The van der Waals surface area contributed by atoms with E-state index in [1.165, 1.54) is 7.11 Å². The number of rotatable bonds is 5. The Morgan fingerprint density at radius 3 is 2.70 bits per heavy atom. The van der Waals surface area contributed by atoms with Crippen molar-refractivity contribution in [3.63, 3.8) is 0 Å². The van der Waals surface area contributed by atoms with E-state index in [4.69, 9.17) is 4.74 Å². The molecule has 27 heavy (non-hydrogen) atoms. The molecule has 0 saturated heterocycles. The molecule has 1 aliphatic rings. The van der Waals surface area contributed by atoms with Crippen LogP contribution in [-0.4, -0.2) is 29.2 Å². The maximum absolute atomic E-state index is 13.0. The van der Waals surface area contributed by atoms with Crippen LogP contribution in [0.5, 0.6) is 11.5 Å². The second-order valence-corrected chi connectivity index (χ2v) is 6.82. The monoisotopic (exact) mass is 362 g/mol. The summed E-state index contributed by atoms with van der Waals surface area (Å²) in [4.78, 5) is 14.9. The van der Waals surface area contributed by atoms with Gasteiger partial charge in [0.2, 0.25) is 0 Å². The molecular formula is C22H22N2O3. The molecule has 2 amide bonds. The van der Waals surface area contributed by atoms with Gasteiger partial charge in [-0.3, -0.25) is 0 Å². The maximum atomic E-state index is 13.0. The van der Waals surface area contributed by atoms with Crippen molar-refractivity contribution in [3.05, 3.63) is 66.2 Å². The molecule has 1 aliphatic carbocycles. The Hall–Kier alpha value is -3.21. The van der Waals surface area contributed by atoms with Crippen LogP contribution in [0, 0.1) is 0 Å². The van der Waals surface area contributed by atoms with E-state index in [1.54, 1.807) is 12.1 Å². The van der Waals surface area contributed by atoms with E-state index in [-0.39, 0.29) is 17.8 Å². The number of fused-ring (bicyclic) bond motifs is 1. The van der Waals surface area contributed by atoms with Gasteiger partial charge in [-0.25, -0.2) is 4.79 Å². The number of urea groups is 1. The van der Waals surface area contributed by atoms with Gasteiger partial charge in [0, 0.05) is 18.0 Å². The molecule has 1 saturated carbocycles. The topological polar surface area (TPSA) is 61.8 Å². The van der Waals surface area contributed by atoms with Crippen LogP contribution in [0.2, 0.25) is 0 Å². The van der Waals surface area contributed by atoms with Gasteiger partial charge in [-0.15, -0.1) is 0 Å². The quantitative estimate of drug-likeness (QED) is 0.688. The number of phenols is 1. The van der Waals surface area contributed by atoms with Crippen molar-refractivity contribution < 1.29 is 14.6 Å². The number of phenolic OH excluding ortho intramolecular Hbond substituents is 1. The fraction of sp³-hybridized carbons (Fsp3) is 0.227. The number of benzene rings is 3. The van der Waals surface area contributed by atoms with Crippen molar-refractivity contribution in [2.24, 2.45) is 0 Å². The third kappa shape index (κ3) is 3.67. The van der Waals surface area contributed by atoms with Gasteiger partial charge in [-0.1, -0.05) is 42.5 Å². The molecule has 5 nitrogen and oxygen atoms in total. The first kappa shape index (κ1) is 17.2. The maximum Gasteiger partial charge on any atom is 0.322 e. The van der Waals surface area contributed by atoms with Gasteiger partial charge < -0.3 is 20.1 Å². The molecule has 0 spiro atoms. The SMILES string of the molecule is COc1cc(CN(C(=O)Nc2cccc3ccccc23)C2CC2)ccc1O. The number of hydrogen-bond acceptors (Lipinski definition) is 3. The van der Waals surface area contributed by atoms with Crippen LogP contribution in [0.1, 0.15) is 18.4 Å². The fourth-order valence-electron chi connectivity index (χ4n) is 3.29. The van der Waals surface area contributed by atoms with E-state index < -0.39 is 0 Å². The first-order chi connectivity index (χ1) is 13.2. The Kier molecular flexibility index (Phi) is 4.59. The van der Waals surface area contributed by atoms with E-state index >= 15 is 0 Å². The number of nitrogens with zero attached hydrogens (tertiary/aromatic N) is 1. The van der Waals surface area contributed by atoms with Gasteiger partial charge in [0.1, 0.15) is 0 Å². The predicted molar refractivity (Wildman–Crippen MR) is 106 cm³/mol. The summed E-state index contributed by atoms with van der Waals surface area (Å²) in [7, 11) is 1.52. The van der Waals surface area contributed by atoms with Crippen molar-refractivity contribution in [3.8, 4) is 11.5 Å². The molecule has 0 radical (unpaired) electrons. The number of carbonyl (C=O) groups is 1. The van der Waals surface area contributed by atoms with Crippen LogP contribution < -0.4 is 10.1 Å². The largest absolute Gasteiger partial charge is 0.504 e. The highest BCUT2D eigenvalue weighted by Gasteiger charge is 2.33. The second-order valence-electron chi connectivity index (χ2n) is 6.82. The number of methoxy groups -OCH3 is 1. The minimum Gasteiger partial charge on any atom is -0.504 e. The molecule has 0 aromatic heterocycles. The lowest BCUT2D eigenvalue weighted by molar-refractivity contribution is 0.206. The van der Waals surface area contributed by atoms with E-state index in [9.17, 15) is 9.90 Å². The number of anilines is 1. The number of aromatic hydroxyl groups is 1. The van der Waals surface area contributed by atoms with Crippen molar-refractivity contribution in [1.82, 2.24) is 4.90 Å². The predicted octanol–water partition coefficient (Wildman–Crippen LogP) is 4.75. The summed E-state index contributed by atoms with van der Waals surface area (Å²) in [6, 6.07) is 19.2. The van der Waals surface area contributed by atoms with E-state index in [2.05, 4.69) is 5.32 Å². The lowest BCUT2D eigenvalue weighted by Gasteiger charge is -2.24. The highest BCUT2D eigenvalue weighted by atomic mass is 16.5. The van der Waals surface area contributed by atoms with Gasteiger partial charge in [0.05, 0.1) is 12.8 Å². The molecule has 3 aromatic carbocycles. The zero-order valence-corrected chi connectivity index (χ0v) is 15.2. The van der Waals surface area contributed by atoms with Crippen LogP contribution in [0.25, 0.3) is 10.8 Å². The van der Waals surface area contributed by atoms with Crippen LogP contribution in [-0.2, 0) is 6.54 Å². The van der Waals surface area contributed by atoms with Gasteiger partial charge >= 0.3 is 6.03 Å². The average Bonchev–Trinajstić information content (AvgIpc) is 3.52. The van der Waals surface area contributed by atoms with Crippen LogP contribution in [0.3, 0.4) is 0 Å². The van der Waals surface area contributed by atoms with Crippen molar-refractivity contribution in [2.75, 3.05) is 12.4 Å². The molecular weight excluding hydrogens is 340 g/mol. The third-order valence-electron chi connectivity index (χ3n) is 4.88. The lowest BCUT2D eigenvalue weighted by Crippen LogP contribution is -2.36. The number of nitrogens with one attached hydrogen (secondary N) is 1.